The molecule has 0 aliphatic carbocycles. The molecule has 5 unspecified atom stereocenters. The minimum Gasteiger partial charge on any atom is -0.463 e. The van der Waals surface area contributed by atoms with E-state index in [1.165, 1.54) is 161 Å². The van der Waals surface area contributed by atoms with Crippen molar-refractivity contribution in [2.24, 2.45) is 0 Å². The highest BCUT2D eigenvalue weighted by Crippen LogP contribution is 2.45. The molecule has 0 bridgehead atoms. The summed E-state index contributed by atoms with van der Waals surface area (Å²) < 4.78 is 61.7. The van der Waals surface area contributed by atoms with Crippen molar-refractivity contribution in [2.45, 2.75) is 424 Å². The fraction of sp³-hybridized carbons (Fsp3) is 0.673. The van der Waals surface area contributed by atoms with E-state index in [-0.39, 0.29) is 19.3 Å². The van der Waals surface area contributed by atoms with E-state index in [0.29, 0.717) is 19.3 Å². The Kier molecular flexibility index (Phi) is 93.1. The van der Waals surface area contributed by atoms with Crippen LogP contribution in [0.4, 0.5) is 0 Å². The van der Waals surface area contributed by atoms with Gasteiger partial charge in [0.2, 0.25) is 0 Å². The molecule has 0 aromatic carbocycles. The first kappa shape index (κ1) is 119. The molecule has 0 saturated carbocycles. The lowest BCUT2D eigenvalue weighted by Crippen LogP contribution is -2.30. The zero-order valence-electron chi connectivity index (χ0n) is 79.0. The summed E-state index contributed by atoms with van der Waals surface area (Å²) in [7, 11) is -9.82. The van der Waals surface area contributed by atoms with Crippen molar-refractivity contribution in [2.75, 3.05) is 39.6 Å². The Labute approximate surface area is 763 Å². The Morgan fingerprint density at radius 1 is 0.224 bits per heavy atom. The summed E-state index contributed by atoms with van der Waals surface area (Å²) in [5, 5.41) is 20.8. The lowest BCUT2D eigenvalue weighted by Gasteiger charge is -2.21. The van der Waals surface area contributed by atoms with Crippen LogP contribution in [0.25, 0.3) is 0 Å². The summed E-state index contributed by atoms with van der Waals surface area (Å²) in [6.45, 7) is 2.39. The number of phosphoric acid groups is 2. The van der Waals surface area contributed by atoms with Crippen molar-refractivity contribution >= 4 is 33.6 Å². The van der Waals surface area contributed by atoms with Crippen LogP contribution in [0.5, 0.6) is 0 Å². The summed E-state index contributed by atoms with van der Waals surface area (Å²) in [4.78, 5) is 59.2. The molecule has 0 aliphatic heterocycles. The summed E-state index contributed by atoms with van der Waals surface area (Å²) in [5.74, 6) is -1.57. The van der Waals surface area contributed by atoms with Crippen LogP contribution in [0.1, 0.15) is 406 Å². The van der Waals surface area contributed by atoms with Gasteiger partial charge in [-0.25, -0.2) is 9.13 Å². The van der Waals surface area contributed by atoms with Crippen LogP contribution in [-0.4, -0.2) is 95.9 Å². The molecule has 125 heavy (non-hydrogen) atoms. The highest BCUT2D eigenvalue weighted by Gasteiger charge is 2.30. The van der Waals surface area contributed by atoms with Gasteiger partial charge in [0.25, 0.3) is 0 Å². The predicted molar refractivity (Wildman–Crippen MR) is 528 cm³/mol. The fourth-order valence-electron chi connectivity index (χ4n) is 13.4. The molecular formula is C107H180O16P2. The van der Waals surface area contributed by atoms with Gasteiger partial charge in [-0.2, -0.15) is 0 Å². The average molecular weight is 1780 g/mol. The highest BCUT2D eigenvalue weighted by atomic mass is 31.2. The van der Waals surface area contributed by atoms with E-state index in [4.69, 9.17) is 32.3 Å². The fourth-order valence-corrected chi connectivity index (χ4v) is 15.0. The molecule has 0 radical (unpaired) electrons. The number of rotatable bonds is 93. The van der Waals surface area contributed by atoms with Crippen molar-refractivity contribution < 1.29 is 75.8 Å². The van der Waals surface area contributed by atoms with Crippen molar-refractivity contribution in [3.05, 3.63) is 194 Å². The molecule has 18 heteroatoms. The number of phosphoric ester groups is 2. The second-order valence-corrected chi connectivity index (χ2v) is 35.7. The monoisotopic (exact) mass is 1780 g/mol. The Morgan fingerprint density at radius 2 is 0.400 bits per heavy atom. The molecule has 0 rings (SSSR count). The van der Waals surface area contributed by atoms with E-state index >= 15 is 0 Å². The third kappa shape index (κ3) is 98.8. The second-order valence-electron chi connectivity index (χ2n) is 32.8. The van der Waals surface area contributed by atoms with Crippen LogP contribution in [0.3, 0.4) is 0 Å². The summed E-state index contributed by atoms with van der Waals surface area (Å²) >= 11 is 0. The smallest absolute Gasteiger partial charge is 0.463 e. The third-order valence-corrected chi connectivity index (χ3v) is 22.7. The van der Waals surface area contributed by atoms with Gasteiger partial charge in [-0.15, -0.1) is 0 Å². The topological polar surface area (TPSA) is 231 Å². The third-order valence-electron chi connectivity index (χ3n) is 20.8. The molecule has 0 amide bonds. The Balaban J connectivity index is 4.62. The maximum absolute atomic E-state index is 13.1. The van der Waals surface area contributed by atoms with Gasteiger partial charge in [0.05, 0.1) is 26.4 Å². The quantitative estimate of drug-likeness (QED) is 0.0146. The summed E-state index contributed by atoms with van der Waals surface area (Å²) in [6.07, 6.45) is 130. The molecule has 0 aliphatic rings. The molecule has 0 fully saturated rings. The number of aliphatic hydroxyl groups is 2. The average Bonchev–Trinajstić information content (AvgIpc) is 0.898. The van der Waals surface area contributed by atoms with Gasteiger partial charge < -0.3 is 34.2 Å². The Bertz CT molecular complexity index is 3050. The van der Waals surface area contributed by atoms with Gasteiger partial charge in [0.1, 0.15) is 25.4 Å². The van der Waals surface area contributed by atoms with Gasteiger partial charge in [-0.3, -0.25) is 32.5 Å². The van der Waals surface area contributed by atoms with Crippen LogP contribution in [0.15, 0.2) is 194 Å². The van der Waals surface area contributed by atoms with E-state index in [2.05, 4.69) is 215 Å². The number of aliphatic hydroxyl groups excluding tert-OH is 2. The number of ether oxygens (including phenoxy) is 3. The van der Waals surface area contributed by atoms with E-state index in [9.17, 15) is 43.5 Å². The molecule has 0 heterocycles. The standard InChI is InChI=1S/C107H180O16P2/c1-4-7-10-13-16-19-22-25-28-31-34-37-40-43-46-48-49-50-51-53-56-57-60-63-66-69-72-75-78-81-84-87-90-93-105(110)117-96-102(108)97-119-124(113,114)120-98-103(109)99-121-125(115,116)122-101-104(123-107(112)95-92-89-86-83-80-77-74-71-68-65-62-59-54-45-42-39-36-33-30-27-24-21-18-15-12-9-6-3)100-118-106(111)94-91-88-85-82-79-76-73-70-67-64-61-58-55-52-47-44-41-38-35-32-29-26-23-20-17-14-11-8-5-2/h7-12,16-21,25-30,34-39,43-47,54-55,58,102-104,108-109H,4-6,13-15,22-24,31-33,40-42,48-53,56-57,59-101H2,1-3H3,(H,113,114)(H,115,116)/b10-7-,11-8-,12-9-,19-16-,20-17-,21-18-,28-25-,29-26-,30-27-,37-34-,38-35-,39-36-,46-43-,47-44-,54-45-,58-55-. The molecule has 0 saturated heterocycles. The minimum absolute atomic E-state index is 0.0940. The van der Waals surface area contributed by atoms with E-state index < -0.39 is 91.5 Å². The maximum atomic E-state index is 13.1. The number of carbonyl (C=O) groups excluding carboxylic acids is 3. The van der Waals surface area contributed by atoms with Crippen molar-refractivity contribution in [3.8, 4) is 0 Å². The Morgan fingerprint density at radius 3 is 0.632 bits per heavy atom. The molecule has 16 nitrogen and oxygen atoms in total. The molecule has 714 valence electrons. The predicted octanol–water partition coefficient (Wildman–Crippen LogP) is 31.3. The van der Waals surface area contributed by atoms with Crippen LogP contribution in [0, 0.1) is 0 Å². The summed E-state index contributed by atoms with van der Waals surface area (Å²) in [5.41, 5.74) is 0. The van der Waals surface area contributed by atoms with Gasteiger partial charge in [-0.1, -0.05) is 421 Å². The normalized spacial score (nSPS) is 14.5. The van der Waals surface area contributed by atoms with E-state index in [0.717, 1.165) is 186 Å². The number of allylic oxidation sites excluding steroid dienone is 32. The molecule has 0 spiro atoms. The van der Waals surface area contributed by atoms with Crippen molar-refractivity contribution in [1.29, 1.82) is 0 Å². The van der Waals surface area contributed by atoms with Crippen molar-refractivity contribution in [3.63, 3.8) is 0 Å². The SMILES string of the molecule is CC/C=C\C/C=C\C/C=C\C/C=C\C/C=C\C/C=C\CCCCCCCCCCCCC(=O)OCC(COP(=O)(O)OCC(O)COP(=O)(O)OCC(O)COC(=O)CCCCCCCCCCCCCCCCCCC/C=C\C/C=C\C/C=C\C/C=C\C/C=C\CC)OC(=O)CCCCCCCCCCCCC/C=C\C/C=C\C/C=C\C/C=C\C/C=C\CC. The molecule has 4 N–H and O–H groups in total. The molecular weight excluding hydrogens is 1600 g/mol. The van der Waals surface area contributed by atoms with E-state index in [1.54, 1.807) is 0 Å². The van der Waals surface area contributed by atoms with Gasteiger partial charge in [0, 0.05) is 19.3 Å². The lowest BCUT2D eigenvalue weighted by molar-refractivity contribution is -0.161. The van der Waals surface area contributed by atoms with Crippen molar-refractivity contribution in [1.82, 2.24) is 0 Å². The largest absolute Gasteiger partial charge is 0.472 e. The number of carbonyl (C=O) groups is 3. The Hall–Kier alpha value is -5.61. The van der Waals surface area contributed by atoms with Gasteiger partial charge in [-0.05, 0) is 161 Å². The van der Waals surface area contributed by atoms with Crippen LogP contribution in [-0.2, 0) is 55.8 Å². The number of hydrogen-bond donors (Lipinski definition) is 4. The molecule has 5 atom stereocenters. The van der Waals surface area contributed by atoms with Crippen LogP contribution >= 0.6 is 15.6 Å². The number of unbranched alkanes of at least 4 members (excludes halogenated alkanes) is 38. The summed E-state index contributed by atoms with van der Waals surface area (Å²) in [6, 6.07) is 0. The first-order chi connectivity index (χ1) is 61.2. The van der Waals surface area contributed by atoms with Gasteiger partial charge in [0.15, 0.2) is 6.10 Å². The van der Waals surface area contributed by atoms with Gasteiger partial charge >= 0.3 is 33.6 Å². The zero-order valence-corrected chi connectivity index (χ0v) is 80.7. The number of esters is 3. The molecule has 0 aromatic heterocycles. The first-order valence-corrected chi connectivity index (χ1v) is 52.7. The lowest BCUT2D eigenvalue weighted by atomic mass is 10.0. The highest BCUT2D eigenvalue weighted by molar-refractivity contribution is 7.47. The molecule has 0 aromatic rings. The number of hydrogen-bond acceptors (Lipinski definition) is 14. The maximum Gasteiger partial charge on any atom is 0.472 e. The zero-order chi connectivity index (χ0) is 90.7. The van der Waals surface area contributed by atoms with Crippen LogP contribution < -0.4 is 0 Å². The minimum atomic E-state index is -4.95. The van der Waals surface area contributed by atoms with Crippen LogP contribution in [0.2, 0.25) is 0 Å². The second kappa shape index (κ2) is 97.4. The first-order valence-electron chi connectivity index (χ1n) is 49.7. The van der Waals surface area contributed by atoms with E-state index in [1.807, 2.05) is 0 Å².